The summed E-state index contributed by atoms with van der Waals surface area (Å²) in [7, 11) is 1.37. The first-order chi connectivity index (χ1) is 21.4. The van der Waals surface area contributed by atoms with Crippen LogP contribution in [-0.4, -0.2) is 63.5 Å². The molecule has 1 aliphatic rings. The molecular formula is C36H41N3O6. The Kier molecular flexibility index (Phi) is 9.29. The summed E-state index contributed by atoms with van der Waals surface area (Å²) in [6.07, 6.45) is 1.31. The van der Waals surface area contributed by atoms with E-state index in [2.05, 4.69) is 11.1 Å². The van der Waals surface area contributed by atoms with Gasteiger partial charge in [-0.1, -0.05) is 24.3 Å². The SMILES string of the molecule is COC(=O)c1cccc(-c2ccc3c(c2)CCC(CN(CC(O)c2ccc(-n4c(C)ccc4C)nc2)C(=O)OC(C)(C)C)O3)c1. The number of aliphatic hydroxyl groups excluding tert-OH is 1. The van der Waals surface area contributed by atoms with Gasteiger partial charge >= 0.3 is 12.1 Å². The summed E-state index contributed by atoms with van der Waals surface area (Å²) in [5, 5.41) is 11.2. The number of carbonyl (C=O) groups excluding carboxylic acids is 2. The first kappa shape index (κ1) is 31.8. The fourth-order valence-corrected chi connectivity index (χ4v) is 5.56. The molecule has 3 heterocycles. The number of hydrogen-bond donors (Lipinski definition) is 1. The Hall–Kier alpha value is -4.63. The number of ether oxygens (including phenoxy) is 3. The monoisotopic (exact) mass is 611 g/mol. The van der Waals surface area contributed by atoms with Gasteiger partial charge in [0, 0.05) is 23.1 Å². The van der Waals surface area contributed by atoms with E-state index in [4.69, 9.17) is 14.2 Å². The average molecular weight is 612 g/mol. The van der Waals surface area contributed by atoms with Gasteiger partial charge in [0.25, 0.3) is 0 Å². The fourth-order valence-electron chi connectivity index (χ4n) is 5.56. The van der Waals surface area contributed by atoms with Gasteiger partial charge in [0.1, 0.15) is 23.3 Å². The summed E-state index contributed by atoms with van der Waals surface area (Å²) < 4.78 is 19.0. The Morgan fingerprint density at radius 3 is 2.44 bits per heavy atom. The Bertz CT molecular complexity index is 1650. The smallest absolute Gasteiger partial charge is 0.410 e. The molecule has 1 amide bonds. The molecule has 0 saturated heterocycles. The highest BCUT2D eigenvalue weighted by Crippen LogP contribution is 2.33. The molecule has 4 aromatic rings. The molecule has 2 aromatic carbocycles. The first-order valence-corrected chi connectivity index (χ1v) is 15.2. The summed E-state index contributed by atoms with van der Waals surface area (Å²) in [6.45, 7) is 9.77. The van der Waals surface area contributed by atoms with Crippen LogP contribution in [0.25, 0.3) is 16.9 Å². The minimum Gasteiger partial charge on any atom is -0.488 e. The lowest BCUT2D eigenvalue weighted by Crippen LogP contribution is -2.45. The molecule has 1 N–H and O–H groups in total. The lowest BCUT2D eigenvalue weighted by Gasteiger charge is -2.33. The minimum atomic E-state index is -0.967. The number of rotatable bonds is 8. The van der Waals surface area contributed by atoms with Crippen LogP contribution in [-0.2, 0) is 15.9 Å². The first-order valence-electron chi connectivity index (χ1n) is 15.2. The van der Waals surface area contributed by atoms with E-state index in [1.54, 1.807) is 12.3 Å². The van der Waals surface area contributed by atoms with E-state index in [1.165, 1.54) is 12.0 Å². The molecule has 0 aliphatic carbocycles. The highest BCUT2D eigenvalue weighted by atomic mass is 16.6. The van der Waals surface area contributed by atoms with Gasteiger partial charge < -0.3 is 28.8 Å². The summed E-state index contributed by atoms with van der Waals surface area (Å²) in [4.78, 5) is 31.4. The fraction of sp³-hybridized carbons (Fsp3) is 0.361. The number of benzene rings is 2. The highest BCUT2D eigenvalue weighted by molar-refractivity contribution is 5.91. The average Bonchev–Trinajstić information content (AvgIpc) is 3.36. The second-order valence-electron chi connectivity index (χ2n) is 12.5. The van der Waals surface area contributed by atoms with Crippen LogP contribution in [0.15, 0.2) is 72.9 Å². The van der Waals surface area contributed by atoms with Gasteiger partial charge in [-0.05, 0) is 107 Å². The van der Waals surface area contributed by atoms with Gasteiger partial charge in [-0.15, -0.1) is 0 Å². The van der Waals surface area contributed by atoms with Gasteiger partial charge in [0.05, 0.1) is 31.9 Å². The van der Waals surface area contributed by atoms with Crippen LogP contribution < -0.4 is 4.74 Å². The van der Waals surface area contributed by atoms with E-state index in [9.17, 15) is 14.7 Å². The van der Waals surface area contributed by atoms with E-state index in [-0.39, 0.29) is 25.2 Å². The molecule has 0 spiro atoms. The maximum atomic E-state index is 13.3. The van der Waals surface area contributed by atoms with Crippen LogP contribution >= 0.6 is 0 Å². The molecule has 0 bridgehead atoms. The van der Waals surface area contributed by atoms with Crippen molar-refractivity contribution in [1.29, 1.82) is 0 Å². The number of esters is 1. The Labute approximate surface area is 264 Å². The van der Waals surface area contributed by atoms with Gasteiger partial charge in [0.15, 0.2) is 0 Å². The van der Waals surface area contributed by atoms with Crippen molar-refractivity contribution in [3.8, 4) is 22.7 Å². The van der Waals surface area contributed by atoms with Crippen LogP contribution in [0, 0.1) is 13.8 Å². The Morgan fingerprint density at radius 1 is 1.04 bits per heavy atom. The normalized spacial score (nSPS) is 15.0. The molecule has 5 rings (SSSR count). The molecule has 2 aromatic heterocycles. The Balaban J connectivity index is 1.30. The third-order valence-corrected chi connectivity index (χ3v) is 7.83. The van der Waals surface area contributed by atoms with Crippen LogP contribution in [0.2, 0.25) is 0 Å². The molecule has 1 aliphatic heterocycles. The van der Waals surface area contributed by atoms with Crippen molar-refractivity contribution in [2.45, 2.75) is 65.3 Å². The van der Waals surface area contributed by atoms with E-state index in [0.29, 0.717) is 17.5 Å². The minimum absolute atomic E-state index is 0.0275. The molecule has 9 heteroatoms. The maximum absolute atomic E-state index is 13.3. The third-order valence-electron chi connectivity index (χ3n) is 7.83. The summed E-state index contributed by atoms with van der Waals surface area (Å²) in [5.41, 5.74) is 5.48. The third kappa shape index (κ3) is 7.54. The number of fused-ring (bicyclic) bond motifs is 1. The highest BCUT2D eigenvalue weighted by Gasteiger charge is 2.30. The van der Waals surface area contributed by atoms with E-state index in [0.717, 1.165) is 46.1 Å². The van der Waals surface area contributed by atoms with Crippen LogP contribution in [0.1, 0.15) is 66.2 Å². The van der Waals surface area contributed by atoms with Crippen molar-refractivity contribution in [2.24, 2.45) is 0 Å². The number of nitrogens with zero attached hydrogens (tertiary/aromatic N) is 3. The number of carbonyl (C=O) groups is 2. The molecule has 236 valence electrons. The number of amides is 1. The zero-order valence-corrected chi connectivity index (χ0v) is 26.7. The summed E-state index contributed by atoms with van der Waals surface area (Å²) >= 11 is 0. The van der Waals surface area contributed by atoms with E-state index in [1.807, 2.05) is 93.8 Å². The number of pyridine rings is 1. The predicted octanol–water partition coefficient (Wildman–Crippen LogP) is 6.61. The van der Waals surface area contributed by atoms with E-state index < -0.39 is 17.8 Å². The maximum Gasteiger partial charge on any atom is 0.410 e. The van der Waals surface area contributed by atoms with Crippen molar-refractivity contribution < 1.29 is 28.9 Å². The molecule has 0 fully saturated rings. The zero-order valence-electron chi connectivity index (χ0n) is 26.7. The quantitative estimate of drug-likeness (QED) is 0.224. The molecule has 2 atom stereocenters. The van der Waals surface area contributed by atoms with Crippen LogP contribution in [0.4, 0.5) is 4.79 Å². The summed E-state index contributed by atoms with van der Waals surface area (Å²) in [5.74, 6) is 1.14. The molecule has 0 radical (unpaired) electrons. The molecule has 0 saturated carbocycles. The zero-order chi connectivity index (χ0) is 32.3. The number of aryl methyl sites for hydroxylation is 3. The predicted molar refractivity (Wildman–Crippen MR) is 172 cm³/mol. The van der Waals surface area contributed by atoms with Crippen molar-refractivity contribution in [1.82, 2.24) is 14.5 Å². The topological polar surface area (TPSA) is 103 Å². The van der Waals surface area contributed by atoms with E-state index >= 15 is 0 Å². The molecule has 9 nitrogen and oxygen atoms in total. The van der Waals surface area contributed by atoms with Crippen LogP contribution in [0.3, 0.4) is 0 Å². The van der Waals surface area contributed by atoms with Gasteiger partial charge in [-0.3, -0.25) is 0 Å². The van der Waals surface area contributed by atoms with Gasteiger partial charge in [-0.25, -0.2) is 14.6 Å². The standard InChI is InChI=1S/C36H41N3O6/c1-23-10-11-24(2)39(23)33-17-14-29(20-37-33)31(40)22-38(35(42)45-36(3,4)5)21-30-15-12-27-18-26(13-16-32(27)44-30)25-8-7-9-28(19-25)34(41)43-6/h7-11,13-14,16-20,30-31,40H,12,15,21-22H2,1-6H3. The summed E-state index contributed by atoms with van der Waals surface area (Å²) in [6, 6.07) is 21.1. The molecule has 2 unspecified atom stereocenters. The van der Waals surface area contributed by atoms with Crippen LogP contribution in [0.5, 0.6) is 5.75 Å². The largest absolute Gasteiger partial charge is 0.488 e. The number of aliphatic hydroxyl groups is 1. The van der Waals surface area contributed by atoms with Crippen molar-refractivity contribution in [2.75, 3.05) is 20.2 Å². The van der Waals surface area contributed by atoms with Gasteiger partial charge in [-0.2, -0.15) is 0 Å². The Morgan fingerprint density at radius 2 is 1.78 bits per heavy atom. The molecule has 45 heavy (non-hydrogen) atoms. The lowest BCUT2D eigenvalue weighted by molar-refractivity contribution is 0.00364. The van der Waals surface area contributed by atoms with Crippen molar-refractivity contribution >= 4 is 12.1 Å². The molecular weight excluding hydrogens is 570 g/mol. The second-order valence-corrected chi connectivity index (χ2v) is 12.5. The second kappa shape index (κ2) is 13.2. The van der Waals surface area contributed by atoms with Crippen molar-refractivity contribution in [3.63, 3.8) is 0 Å². The number of methoxy groups -OCH3 is 1. The van der Waals surface area contributed by atoms with Gasteiger partial charge in [0.2, 0.25) is 0 Å². The van der Waals surface area contributed by atoms with Crippen molar-refractivity contribution in [3.05, 3.63) is 101 Å². The number of hydrogen-bond acceptors (Lipinski definition) is 7. The number of aromatic nitrogens is 2. The lowest BCUT2D eigenvalue weighted by atomic mass is 9.96.